The molecule has 0 aromatic heterocycles. The zero-order chi connectivity index (χ0) is 16.0. The first-order valence-electron chi connectivity index (χ1n) is 7.38. The van der Waals surface area contributed by atoms with Crippen LogP contribution in [0.4, 0.5) is 0 Å². The molecule has 2 heterocycles. The first kappa shape index (κ1) is 18.7. The predicted octanol–water partition coefficient (Wildman–Crippen LogP) is 0.742. The molecule has 6 nitrogen and oxygen atoms in total. The minimum Gasteiger partial charge on any atom is -0.316 e. The highest BCUT2D eigenvalue weighted by Gasteiger charge is 2.41. The van der Waals surface area contributed by atoms with Crippen LogP contribution in [0.25, 0.3) is 0 Å². The Labute approximate surface area is 143 Å². The number of rotatable bonds is 4. The highest BCUT2D eigenvalue weighted by Crippen LogP contribution is 2.31. The van der Waals surface area contributed by atoms with Gasteiger partial charge in [-0.15, -0.1) is 12.4 Å². The minimum absolute atomic E-state index is 0. The van der Waals surface area contributed by atoms with Crippen molar-refractivity contribution in [3.8, 4) is 0 Å². The van der Waals surface area contributed by atoms with Gasteiger partial charge in [0.05, 0.1) is 15.5 Å². The monoisotopic (exact) mass is 380 g/mol. The van der Waals surface area contributed by atoms with E-state index in [1.807, 2.05) is 0 Å². The molecule has 0 bridgehead atoms. The Morgan fingerprint density at radius 2 is 1.65 bits per heavy atom. The van der Waals surface area contributed by atoms with Crippen LogP contribution in [0.15, 0.2) is 34.1 Å². The van der Waals surface area contributed by atoms with E-state index >= 15 is 0 Å². The number of hydrogen-bond donors (Lipinski definition) is 1. The molecule has 3 rings (SSSR count). The van der Waals surface area contributed by atoms with Crippen molar-refractivity contribution in [1.82, 2.24) is 9.62 Å². The number of fused-ring (bicyclic) bond motifs is 1. The highest BCUT2D eigenvalue weighted by atomic mass is 35.5. The van der Waals surface area contributed by atoms with Gasteiger partial charge in [0.15, 0.2) is 9.84 Å². The van der Waals surface area contributed by atoms with Crippen LogP contribution in [0.3, 0.4) is 0 Å². The number of hydrogen-bond acceptors (Lipinski definition) is 5. The third-order valence-electron chi connectivity index (χ3n) is 4.54. The van der Waals surface area contributed by atoms with E-state index in [2.05, 4.69) is 5.32 Å². The van der Waals surface area contributed by atoms with Gasteiger partial charge >= 0.3 is 0 Å². The maximum Gasteiger partial charge on any atom is 0.243 e. The van der Waals surface area contributed by atoms with Gasteiger partial charge in [0.25, 0.3) is 0 Å². The van der Waals surface area contributed by atoms with Crippen molar-refractivity contribution in [3.05, 3.63) is 24.3 Å². The van der Waals surface area contributed by atoms with Crippen molar-refractivity contribution >= 4 is 32.3 Å². The van der Waals surface area contributed by atoms with E-state index < -0.39 is 19.9 Å². The Bertz CT molecular complexity index is 768. The highest BCUT2D eigenvalue weighted by molar-refractivity contribution is 7.91. The molecular formula is C14H21ClN2O4S2. The smallest absolute Gasteiger partial charge is 0.243 e. The van der Waals surface area contributed by atoms with Crippen molar-refractivity contribution < 1.29 is 16.8 Å². The molecular weight excluding hydrogens is 360 g/mol. The zero-order valence-corrected chi connectivity index (χ0v) is 15.3. The molecule has 0 spiro atoms. The van der Waals surface area contributed by atoms with E-state index in [0.29, 0.717) is 24.9 Å². The number of nitrogens with one attached hydrogen (secondary N) is 1. The summed E-state index contributed by atoms with van der Waals surface area (Å²) in [6, 6.07) is 5.69. The molecule has 0 radical (unpaired) electrons. The van der Waals surface area contributed by atoms with Gasteiger partial charge in [0.2, 0.25) is 10.0 Å². The summed E-state index contributed by atoms with van der Waals surface area (Å²) in [6.07, 6.45) is 0. The summed E-state index contributed by atoms with van der Waals surface area (Å²) in [5.41, 5.74) is 0. The largest absolute Gasteiger partial charge is 0.316 e. The summed E-state index contributed by atoms with van der Waals surface area (Å²) in [4.78, 5) is 0.132. The second-order valence-electron chi connectivity index (χ2n) is 5.88. The van der Waals surface area contributed by atoms with Crippen LogP contribution in [-0.2, 0) is 19.9 Å². The van der Waals surface area contributed by atoms with Gasteiger partial charge in [-0.25, -0.2) is 16.8 Å². The molecule has 0 amide bonds. The third kappa shape index (κ3) is 3.41. The van der Waals surface area contributed by atoms with Crippen molar-refractivity contribution in [2.75, 3.05) is 31.9 Å². The first-order valence-corrected chi connectivity index (χ1v) is 10.5. The number of sulfone groups is 1. The molecule has 23 heavy (non-hydrogen) atoms. The van der Waals surface area contributed by atoms with Crippen molar-refractivity contribution in [2.45, 2.75) is 16.7 Å². The van der Waals surface area contributed by atoms with Gasteiger partial charge in [-0.3, -0.25) is 0 Å². The topological polar surface area (TPSA) is 83.5 Å². The number of nitrogens with zero attached hydrogens (tertiary/aromatic N) is 1. The molecule has 1 aromatic carbocycles. The Morgan fingerprint density at radius 1 is 1.09 bits per heavy atom. The SMILES string of the molecule is CCS(=O)(=O)c1cccc(S(=O)(=O)N2C[C@H]3CNC[C@H]3C2)c1.Cl. The lowest BCUT2D eigenvalue weighted by atomic mass is 10.0. The average Bonchev–Trinajstić information content (AvgIpc) is 3.09. The second-order valence-corrected chi connectivity index (χ2v) is 10.1. The van der Waals surface area contributed by atoms with Gasteiger partial charge in [-0.2, -0.15) is 4.31 Å². The molecule has 2 fully saturated rings. The predicted molar refractivity (Wildman–Crippen MR) is 90.0 cm³/mol. The molecule has 2 aliphatic heterocycles. The van der Waals surface area contributed by atoms with Gasteiger partial charge in [0.1, 0.15) is 0 Å². The number of halogens is 1. The average molecular weight is 381 g/mol. The zero-order valence-electron chi connectivity index (χ0n) is 12.8. The molecule has 1 aromatic rings. The molecule has 1 N–H and O–H groups in total. The van der Waals surface area contributed by atoms with Gasteiger partial charge in [-0.05, 0) is 43.1 Å². The van der Waals surface area contributed by atoms with E-state index in [1.54, 1.807) is 6.92 Å². The van der Waals surface area contributed by atoms with Crippen molar-refractivity contribution in [1.29, 1.82) is 0 Å². The lowest BCUT2D eigenvalue weighted by molar-refractivity contribution is 0.448. The lowest BCUT2D eigenvalue weighted by Crippen LogP contribution is -2.32. The molecule has 2 aliphatic rings. The second kappa shape index (κ2) is 6.68. The third-order valence-corrected chi connectivity index (χ3v) is 8.10. The Morgan fingerprint density at radius 3 is 2.22 bits per heavy atom. The molecule has 130 valence electrons. The molecule has 0 unspecified atom stereocenters. The summed E-state index contributed by atoms with van der Waals surface area (Å²) < 4.78 is 50.9. The van der Waals surface area contributed by atoms with E-state index in [9.17, 15) is 16.8 Å². The summed E-state index contributed by atoms with van der Waals surface area (Å²) in [6.45, 7) is 4.25. The number of benzene rings is 1. The molecule has 9 heteroatoms. The summed E-state index contributed by atoms with van der Waals surface area (Å²) >= 11 is 0. The van der Waals surface area contributed by atoms with Crippen LogP contribution >= 0.6 is 12.4 Å². The maximum atomic E-state index is 12.7. The fourth-order valence-corrected chi connectivity index (χ4v) is 5.75. The number of sulfonamides is 1. The Kier molecular flexibility index (Phi) is 5.42. The summed E-state index contributed by atoms with van der Waals surface area (Å²) in [5, 5.41) is 3.27. The Hall–Kier alpha value is -0.670. The fraction of sp³-hybridized carbons (Fsp3) is 0.571. The van der Waals surface area contributed by atoms with E-state index in [0.717, 1.165) is 13.1 Å². The first-order chi connectivity index (χ1) is 10.3. The van der Waals surface area contributed by atoms with E-state index in [-0.39, 0.29) is 28.0 Å². The van der Waals surface area contributed by atoms with Gasteiger partial charge in [-0.1, -0.05) is 13.0 Å². The van der Waals surface area contributed by atoms with Gasteiger partial charge < -0.3 is 5.32 Å². The van der Waals surface area contributed by atoms with Crippen LogP contribution in [0.2, 0.25) is 0 Å². The van der Waals surface area contributed by atoms with Crippen LogP contribution in [-0.4, -0.2) is 53.1 Å². The van der Waals surface area contributed by atoms with Crippen LogP contribution in [0.1, 0.15) is 6.92 Å². The minimum atomic E-state index is -3.63. The lowest BCUT2D eigenvalue weighted by Gasteiger charge is -2.18. The van der Waals surface area contributed by atoms with Crippen molar-refractivity contribution in [2.24, 2.45) is 11.8 Å². The van der Waals surface area contributed by atoms with E-state index in [1.165, 1.54) is 28.6 Å². The molecule has 2 saturated heterocycles. The molecule has 2 atom stereocenters. The van der Waals surface area contributed by atoms with Crippen LogP contribution in [0.5, 0.6) is 0 Å². The normalized spacial score (nSPS) is 25.1. The van der Waals surface area contributed by atoms with E-state index in [4.69, 9.17) is 0 Å². The van der Waals surface area contributed by atoms with Crippen molar-refractivity contribution in [3.63, 3.8) is 0 Å². The standard InChI is InChI=1S/C14H20N2O4S2.ClH/c1-2-21(17,18)13-4-3-5-14(6-13)22(19,20)16-9-11-7-15-8-12(11)10-16;/h3-6,11-12,15H,2,7-10H2,1H3;1H/t11-,12+;. The Balaban J connectivity index is 0.00000192. The summed E-state index contributed by atoms with van der Waals surface area (Å²) in [5.74, 6) is 0.672. The fourth-order valence-electron chi connectivity index (χ4n) is 3.15. The summed E-state index contributed by atoms with van der Waals surface area (Å²) in [7, 11) is -7.04. The maximum absolute atomic E-state index is 12.7. The molecule has 0 saturated carbocycles. The quantitative estimate of drug-likeness (QED) is 0.833. The molecule has 0 aliphatic carbocycles. The van der Waals surface area contributed by atoms with Crippen LogP contribution < -0.4 is 5.32 Å². The van der Waals surface area contributed by atoms with Crippen LogP contribution in [0, 0.1) is 11.8 Å². The van der Waals surface area contributed by atoms with Gasteiger partial charge in [0, 0.05) is 13.1 Å².